The molecule has 0 radical (unpaired) electrons. The fourth-order valence-corrected chi connectivity index (χ4v) is 4.99. The maximum absolute atomic E-state index is 12.6. The number of thioether (sulfide) groups is 1. The zero-order valence-electron chi connectivity index (χ0n) is 20.3. The predicted molar refractivity (Wildman–Crippen MR) is 141 cm³/mol. The van der Waals surface area contributed by atoms with Crippen molar-refractivity contribution in [2.24, 2.45) is 0 Å². The van der Waals surface area contributed by atoms with E-state index in [0.29, 0.717) is 35.2 Å². The quantitative estimate of drug-likeness (QED) is 0.351. The minimum absolute atomic E-state index is 0.141. The normalized spacial score (nSPS) is 14.2. The molecule has 3 heterocycles. The topological polar surface area (TPSA) is 104 Å². The van der Waals surface area contributed by atoms with Crippen LogP contribution in [0, 0.1) is 18.3 Å². The van der Waals surface area contributed by atoms with Crippen LogP contribution in [0.5, 0.6) is 0 Å². The summed E-state index contributed by atoms with van der Waals surface area (Å²) in [5.41, 5.74) is 5.25. The molecular formula is C27H26N6O2S. The van der Waals surface area contributed by atoms with Gasteiger partial charge in [0.2, 0.25) is 5.91 Å². The zero-order chi connectivity index (χ0) is 25.3. The Morgan fingerprint density at radius 3 is 2.58 bits per heavy atom. The number of pyridine rings is 1. The number of hydrogen-bond acceptors (Lipinski definition) is 7. The second kappa shape index (κ2) is 9.64. The summed E-state index contributed by atoms with van der Waals surface area (Å²) in [6, 6.07) is 19.7. The Bertz CT molecular complexity index is 1470. The van der Waals surface area contributed by atoms with Crippen molar-refractivity contribution in [1.29, 1.82) is 5.26 Å². The lowest BCUT2D eigenvalue weighted by Gasteiger charge is -2.33. The Morgan fingerprint density at radius 1 is 1.11 bits per heavy atom. The smallest absolute Gasteiger partial charge is 0.234 e. The summed E-state index contributed by atoms with van der Waals surface area (Å²) in [4.78, 5) is 12.6. The van der Waals surface area contributed by atoms with Gasteiger partial charge in [0.05, 0.1) is 23.5 Å². The molecule has 0 unspecified atom stereocenters. The van der Waals surface area contributed by atoms with Crippen LogP contribution in [0.1, 0.15) is 36.1 Å². The molecule has 36 heavy (non-hydrogen) atoms. The molecule has 8 nitrogen and oxygen atoms in total. The molecule has 0 aliphatic carbocycles. The molecule has 0 bridgehead atoms. The molecule has 5 rings (SSSR count). The summed E-state index contributed by atoms with van der Waals surface area (Å²) < 4.78 is 7.90. The molecule has 2 aromatic carbocycles. The zero-order valence-corrected chi connectivity index (χ0v) is 21.1. The molecule has 4 aromatic rings. The third-order valence-electron chi connectivity index (χ3n) is 6.06. The number of anilines is 3. The van der Waals surface area contributed by atoms with Crippen LogP contribution >= 0.6 is 11.8 Å². The number of carbonyl (C=O) groups is 1. The van der Waals surface area contributed by atoms with Gasteiger partial charge in [-0.1, -0.05) is 47.7 Å². The van der Waals surface area contributed by atoms with Gasteiger partial charge in [-0.15, -0.1) is 10.2 Å². The van der Waals surface area contributed by atoms with Gasteiger partial charge in [-0.05, 0) is 50.6 Å². The highest BCUT2D eigenvalue weighted by atomic mass is 32.2. The van der Waals surface area contributed by atoms with Crippen molar-refractivity contribution in [1.82, 2.24) is 14.6 Å². The molecule has 0 fully saturated rings. The molecule has 2 aromatic heterocycles. The van der Waals surface area contributed by atoms with Crippen molar-refractivity contribution in [2.75, 3.05) is 16.4 Å². The molecule has 182 valence electrons. The van der Waals surface area contributed by atoms with Gasteiger partial charge >= 0.3 is 0 Å². The third-order valence-corrected chi connectivity index (χ3v) is 6.98. The summed E-state index contributed by atoms with van der Waals surface area (Å²) >= 11 is 1.27. The van der Waals surface area contributed by atoms with E-state index in [2.05, 4.69) is 26.9 Å². The Morgan fingerprint density at radius 2 is 1.86 bits per heavy atom. The highest BCUT2D eigenvalue weighted by molar-refractivity contribution is 7.99. The second-order valence-corrected chi connectivity index (χ2v) is 10.3. The number of hydrogen-bond donors (Lipinski definition) is 2. The first-order chi connectivity index (χ1) is 17.3. The summed E-state index contributed by atoms with van der Waals surface area (Å²) in [6.07, 6.45) is 0.582. The van der Waals surface area contributed by atoms with Crippen LogP contribution in [-0.4, -0.2) is 31.9 Å². The van der Waals surface area contributed by atoms with Crippen molar-refractivity contribution in [3.05, 3.63) is 76.9 Å². The number of aromatic nitrogens is 3. The van der Waals surface area contributed by atoms with E-state index >= 15 is 0 Å². The largest absolute Gasteiger partial charge is 0.370 e. The van der Waals surface area contributed by atoms with Gasteiger partial charge in [0.1, 0.15) is 11.9 Å². The molecule has 1 aliphatic heterocycles. The Labute approximate surface area is 213 Å². The number of nitriles is 1. The first kappa shape index (κ1) is 23.9. The van der Waals surface area contributed by atoms with Gasteiger partial charge in [0.15, 0.2) is 10.8 Å². The Kier molecular flexibility index (Phi) is 6.39. The van der Waals surface area contributed by atoms with Crippen LogP contribution < -0.4 is 10.6 Å². The molecule has 1 aliphatic rings. The van der Waals surface area contributed by atoms with Crippen molar-refractivity contribution in [2.45, 2.75) is 44.6 Å². The van der Waals surface area contributed by atoms with E-state index in [9.17, 15) is 10.1 Å². The SMILES string of the molecule is Cc1ccc(Nc2c(C#N)c3c(c4nnc(SCC(=O)Nc5ccccc5)n24)COC(C)(C)C3)cc1. The number of ether oxygens (including phenoxy) is 1. The van der Waals surface area contributed by atoms with Crippen molar-refractivity contribution >= 4 is 40.5 Å². The van der Waals surface area contributed by atoms with Gasteiger partial charge < -0.3 is 15.4 Å². The van der Waals surface area contributed by atoms with Crippen LogP contribution in [0.3, 0.4) is 0 Å². The first-order valence-electron chi connectivity index (χ1n) is 11.6. The van der Waals surface area contributed by atoms with E-state index in [4.69, 9.17) is 4.74 Å². The fraction of sp³-hybridized carbons (Fsp3) is 0.259. The molecule has 2 N–H and O–H groups in total. The van der Waals surface area contributed by atoms with Crippen LogP contribution in [0.2, 0.25) is 0 Å². The van der Waals surface area contributed by atoms with Crippen molar-refractivity contribution < 1.29 is 9.53 Å². The highest BCUT2D eigenvalue weighted by Crippen LogP contribution is 2.38. The minimum Gasteiger partial charge on any atom is -0.370 e. The molecule has 0 saturated carbocycles. The van der Waals surface area contributed by atoms with Crippen LogP contribution in [-0.2, 0) is 22.6 Å². The molecule has 0 atom stereocenters. The number of amides is 1. The third kappa shape index (κ3) is 4.78. The average molecular weight is 499 g/mol. The fourth-order valence-electron chi connectivity index (χ4n) is 4.25. The molecule has 9 heteroatoms. The van der Waals surface area contributed by atoms with Gasteiger partial charge in [-0.25, -0.2) is 0 Å². The van der Waals surface area contributed by atoms with Crippen molar-refractivity contribution in [3.8, 4) is 6.07 Å². The van der Waals surface area contributed by atoms with Crippen LogP contribution in [0.15, 0.2) is 59.8 Å². The van der Waals surface area contributed by atoms with E-state index in [0.717, 1.165) is 28.1 Å². The van der Waals surface area contributed by atoms with E-state index in [1.165, 1.54) is 11.8 Å². The Hall–Kier alpha value is -3.87. The predicted octanol–water partition coefficient (Wildman–Crippen LogP) is 5.24. The average Bonchev–Trinajstić information content (AvgIpc) is 3.28. The van der Waals surface area contributed by atoms with Gasteiger partial charge in [-0.2, -0.15) is 5.26 Å². The van der Waals surface area contributed by atoms with E-state index in [1.807, 2.05) is 79.8 Å². The van der Waals surface area contributed by atoms with Crippen LogP contribution in [0.4, 0.5) is 17.2 Å². The molecule has 1 amide bonds. The Balaban J connectivity index is 1.56. The lowest BCUT2D eigenvalue weighted by Crippen LogP contribution is -2.33. The number of aryl methyl sites for hydroxylation is 1. The lowest BCUT2D eigenvalue weighted by atomic mass is 9.89. The number of para-hydroxylation sites is 1. The standard InChI is InChI=1S/C27H26N6O2S/c1-17-9-11-19(12-10-17)30-24-21(14-28)20-13-27(2,3)35-15-22(20)25-31-32-26(33(24)25)36-16-23(34)29-18-7-5-4-6-8-18/h4-12,30H,13,15-16H2,1-3H3,(H,29,34). The van der Waals surface area contributed by atoms with Crippen LogP contribution in [0.25, 0.3) is 5.65 Å². The van der Waals surface area contributed by atoms with Crippen molar-refractivity contribution in [3.63, 3.8) is 0 Å². The maximum atomic E-state index is 12.6. The summed E-state index contributed by atoms with van der Waals surface area (Å²) in [5, 5.41) is 26.0. The van der Waals surface area contributed by atoms with E-state index in [1.54, 1.807) is 0 Å². The summed E-state index contributed by atoms with van der Waals surface area (Å²) in [5.74, 6) is 0.575. The first-order valence-corrected chi connectivity index (χ1v) is 12.6. The highest BCUT2D eigenvalue weighted by Gasteiger charge is 2.33. The van der Waals surface area contributed by atoms with E-state index < -0.39 is 5.60 Å². The molecule has 0 spiro atoms. The number of rotatable bonds is 6. The van der Waals surface area contributed by atoms with E-state index in [-0.39, 0.29) is 11.7 Å². The summed E-state index contributed by atoms with van der Waals surface area (Å²) in [6.45, 7) is 6.40. The number of benzene rings is 2. The lowest BCUT2D eigenvalue weighted by molar-refractivity contribution is -0.113. The number of nitrogens with one attached hydrogen (secondary N) is 2. The maximum Gasteiger partial charge on any atom is 0.234 e. The number of carbonyl (C=O) groups excluding carboxylic acids is 1. The van der Waals surface area contributed by atoms with Gasteiger partial charge in [0, 0.05) is 23.4 Å². The number of nitrogens with zero attached hydrogens (tertiary/aromatic N) is 4. The number of fused-ring (bicyclic) bond motifs is 3. The monoisotopic (exact) mass is 498 g/mol. The second-order valence-electron chi connectivity index (χ2n) is 9.35. The van der Waals surface area contributed by atoms with Gasteiger partial charge in [-0.3, -0.25) is 9.20 Å². The minimum atomic E-state index is -0.398. The molecular weight excluding hydrogens is 472 g/mol. The van der Waals surface area contributed by atoms with Gasteiger partial charge in [0.25, 0.3) is 0 Å². The molecule has 0 saturated heterocycles. The summed E-state index contributed by atoms with van der Waals surface area (Å²) in [7, 11) is 0.